The van der Waals surface area contributed by atoms with E-state index in [0.717, 1.165) is 32.2 Å². The van der Waals surface area contributed by atoms with Gasteiger partial charge in [-0.3, -0.25) is 24.1 Å². The number of methoxy groups -OCH3 is 1. The highest BCUT2D eigenvalue weighted by Crippen LogP contribution is 2.35. The van der Waals surface area contributed by atoms with Crippen LogP contribution in [-0.2, 0) is 15.3 Å². The molecule has 0 saturated heterocycles. The fourth-order valence-corrected chi connectivity index (χ4v) is 8.13. The third-order valence-corrected chi connectivity index (χ3v) is 12.2. The second-order valence-electron chi connectivity index (χ2n) is 14.7. The molecule has 0 fully saturated rings. The van der Waals surface area contributed by atoms with Gasteiger partial charge >= 0.3 is 0 Å². The fraction of sp³-hybridized carbons (Fsp3) is 0.149. The summed E-state index contributed by atoms with van der Waals surface area (Å²) < 4.78 is 36.7. The maximum absolute atomic E-state index is 12.8. The first kappa shape index (κ1) is 39.4. The van der Waals surface area contributed by atoms with Gasteiger partial charge in [-0.1, -0.05) is 67.4 Å². The Morgan fingerprint density at radius 1 is 0.500 bits per heavy atom. The van der Waals surface area contributed by atoms with Gasteiger partial charge in [0.25, 0.3) is 23.6 Å². The van der Waals surface area contributed by atoms with E-state index < -0.39 is 21.7 Å². The van der Waals surface area contributed by atoms with Crippen molar-refractivity contribution in [3.8, 4) is 17.2 Å². The zero-order valence-corrected chi connectivity index (χ0v) is 33.6. The van der Waals surface area contributed by atoms with Crippen molar-refractivity contribution < 1.29 is 37.1 Å². The quantitative estimate of drug-likeness (QED) is 0.140. The number of amides is 4. The Labute approximate surface area is 337 Å². The van der Waals surface area contributed by atoms with Crippen LogP contribution in [0.1, 0.15) is 77.5 Å². The van der Waals surface area contributed by atoms with Crippen molar-refractivity contribution in [3.63, 3.8) is 0 Å². The summed E-state index contributed by atoms with van der Waals surface area (Å²) in [7, 11) is -0.531. The Hall–Kier alpha value is -6.85. The average Bonchev–Trinajstić information content (AvgIpc) is 3.60. The van der Waals surface area contributed by atoms with Crippen LogP contribution in [0.2, 0.25) is 0 Å². The highest BCUT2D eigenvalue weighted by atomic mass is 32.2. The van der Waals surface area contributed by atoms with Crippen LogP contribution in [0.3, 0.4) is 0 Å². The van der Waals surface area contributed by atoms with E-state index in [4.69, 9.17) is 9.47 Å². The van der Waals surface area contributed by atoms with E-state index in [-0.39, 0.29) is 27.0 Å². The molecule has 0 radical (unpaired) electrons. The van der Waals surface area contributed by atoms with E-state index in [2.05, 4.69) is 26.0 Å². The van der Waals surface area contributed by atoms with Gasteiger partial charge in [-0.2, -0.15) is 0 Å². The second-order valence-corrected chi connectivity index (χ2v) is 16.6. The molecule has 0 saturated carbocycles. The number of hydrogen-bond acceptors (Lipinski definition) is 8. The minimum atomic E-state index is -3.67. The molecular formula is C47H40N2O8S. The third kappa shape index (κ3) is 7.28. The summed E-state index contributed by atoms with van der Waals surface area (Å²) in [5.74, 6) is 0.608. The topological polar surface area (TPSA) is 127 Å². The van der Waals surface area contributed by atoms with E-state index >= 15 is 0 Å². The number of aryl methyl sites for hydroxylation is 2. The molecule has 58 heavy (non-hydrogen) atoms. The van der Waals surface area contributed by atoms with Crippen LogP contribution in [-0.4, -0.2) is 51.1 Å². The third-order valence-electron chi connectivity index (χ3n) is 10.5. The van der Waals surface area contributed by atoms with Gasteiger partial charge in [0.2, 0.25) is 9.84 Å². The Morgan fingerprint density at radius 2 is 0.948 bits per heavy atom. The minimum absolute atomic E-state index is 0.104. The summed E-state index contributed by atoms with van der Waals surface area (Å²) in [6.45, 7) is 8.08. The largest absolute Gasteiger partial charge is 0.497 e. The summed E-state index contributed by atoms with van der Waals surface area (Å²) in [5.41, 5.74) is 5.84. The number of carbonyl (C=O) groups excluding carboxylic acids is 4. The standard InChI is InChI=1S/C25H23NO4.C22H17NO4S/c1-25(2,16-5-9-18(29-4)10-6-16)17-7-11-19(12-8-17)30-20-13-14-21-22(15-20)24(28)26(3)23(21)27;1-14-3-8-17(9-4-14)28(26,27)18-10-6-16(7-11-18)23-21(24)19-12-5-15(2)13-20(19)22(23)25/h5-15H,1-4H3;3-13H,1-2H3. The number of hydrogen-bond donors (Lipinski definition) is 0. The van der Waals surface area contributed by atoms with Gasteiger partial charge < -0.3 is 9.47 Å². The van der Waals surface area contributed by atoms with Crippen LogP contribution in [0.4, 0.5) is 5.69 Å². The summed E-state index contributed by atoms with van der Waals surface area (Å²) in [6.07, 6.45) is 0. The van der Waals surface area contributed by atoms with E-state index in [1.165, 1.54) is 36.9 Å². The lowest BCUT2D eigenvalue weighted by atomic mass is 9.78. The SMILES string of the molecule is COc1ccc(C(C)(C)c2ccc(Oc3ccc4c(c3)C(=O)N(C)C4=O)cc2)cc1.Cc1ccc(S(=O)(=O)c2ccc(N3C(=O)c4ccc(C)cc4C3=O)cc2)cc1. The Bertz CT molecular complexity index is 2710. The van der Waals surface area contributed by atoms with Crippen LogP contribution in [0.5, 0.6) is 17.2 Å². The zero-order valence-electron chi connectivity index (χ0n) is 32.8. The van der Waals surface area contributed by atoms with Gasteiger partial charge in [0.1, 0.15) is 17.2 Å². The van der Waals surface area contributed by atoms with Crippen molar-refractivity contribution >= 4 is 39.2 Å². The van der Waals surface area contributed by atoms with E-state index in [0.29, 0.717) is 39.4 Å². The first-order valence-electron chi connectivity index (χ1n) is 18.4. The van der Waals surface area contributed by atoms with Crippen molar-refractivity contribution in [3.05, 3.63) is 178 Å². The molecule has 4 amide bonds. The Morgan fingerprint density at radius 3 is 1.53 bits per heavy atom. The van der Waals surface area contributed by atoms with Crippen molar-refractivity contribution in [2.45, 2.75) is 42.9 Å². The van der Waals surface area contributed by atoms with Gasteiger partial charge in [-0.05, 0) is 116 Å². The Kier molecular flexibility index (Phi) is 10.4. The number of benzene rings is 6. The van der Waals surface area contributed by atoms with Gasteiger partial charge in [-0.25, -0.2) is 13.3 Å². The molecular weight excluding hydrogens is 753 g/mol. The molecule has 0 spiro atoms. The Balaban J connectivity index is 0.000000177. The number of imide groups is 2. The van der Waals surface area contributed by atoms with Gasteiger partial charge in [0.15, 0.2) is 0 Å². The number of nitrogens with zero attached hydrogens (tertiary/aromatic N) is 2. The van der Waals surface area contributed by atoms with Gasteiger partial charge in [0.05, 0.1) is 44.8 Å². The molecule has 2 heterocycles. The summed E-state index contributed by atoms with van der Waals surface area (Å²) in [5, 5.41) is 0. The van der Waals surface area contributed by atoms with Crippen LogP contribution < -0.4 is 14.4 Å². The number of anilines is 1. The van der Waals surface area contributed by atoms with Crippen molar-refractivity contribution in [2.24, 2.45) is 0 Å². The molecule has 0 bridgehead atoms. The fourth-order valence-electron chi connectivity index (χ4n) is 6.87. The normalized spacial score (nSPS) is 13.6. The molecule has 0 atom stereocenters. The van der Waals surface area contributed by atoms with Crippen LogP contribution in [0.15, 0.2) is 143 Å². The first-order chi connectivity index (χ1) is 27.6. The van der Waals surface area contributed by atoms with Crippen LogP contribution in [0.25, 0.3) is 0 Å². The smallest absolute Gasteiger partial charge is 0.266 e. The van der Waals surface area contributed by atoms with Gasteiger partial charge in [-0.15, -0.1) is 0 Å². The molecule has 6 aromatic rings. The molecule has 2 aliphatic heterocycles. The van der Waals surface area contributed by atoms with E-state index in [1.54, 1.807) is 67.8 Å². The molecule has 2 aliphatic rings. The second kappa shape index (κ2) is 15.2. The highest BCUT2D eigenvalue weighted by Gasteiger charge is 2.37. The van der Waals surface area contributed by atoms with Gasteiger partial charge in [0, 0.05) is 12.5 Å². The summed E-state index contributed by atoms with van der Waals surface area (Å²) in [4.78, 5) is 52.0. The molecule has 292 valence electrons. The maximum Gasteiger partial charge on any atom is 0.266 e. The number of rotatable bonds is 8. The molecule has 0 aliphatic carbocycles. The summed E-state index contributed by atoms with van der Waals surface area (Å²) >= 11 is 0. The number of fused-ring (bicyclic) bond motifs is 2. The lowest BCUT2D eigenvalue weighted by molar-refractivity contribution is 0.0692. The average molecular weight is 793 g/mol. The van der Waals surface area contributed by atoms with Crippen LogP contribution >= 0.6 is 0 Å². The lowest BCUT2D eigenvalue weighted by Gasteiger charge is -2.26. The van der Waals surface area contributed by atoms with Crippen LogP contribution in [0, 0.1) is 13.8 Å². The number of sulfone groups is 1. The number of ether oxygens (including phenoxy) is 2. The molecule has 8 rings (SSSR count). The highest BCUT2D eigenvalue weighted by molar-refractivity contribution is 7.91. The minimum Gasteiger partial charge on any atom is -0.497 e. The molecule has 0 aromatic heterocycles. The molecule has 0 N–H and O–H groups in total. The van der Waals surface area contributed by atoms with E-state index in [9.17, 15) is 27.6 Å². The lowest BCUT2D eigenvalue weighted by Crippen LogP contribution is -2.29. The first-order valence-corrected chi connectivity index (χ1v) is 19.9. The monoisotopic (exact) mass is 792 g/mol. The molecule has 0 unspecified atom stereocenters. The predicted molar refractivity (Wildman–Crippen MR) is 220 cm³/mol. The number of carbonyl (C=O) groups is 4. The zero-order chi connectivity index (χ0) is 41.5. The van der Waals surface area contributed by atoms with Crippen molar-refractivity contribution in [1.29, 1.82) is 0 Å². The van der Waals surface area contributed by atoms with Crippen molar-refractivity contribution in [1.82, 2.24) is 4.90 Å². The molecule has 6 aromatic carbocycles. The molecule has 11 heteroatoms. The summed E-state index contributed by atoms with van der Waals surface area (Å²) in [6, 6.07) is 38.4. The van der Waals surface area contributed by atoms with Crippen molar-refractivity contribution in [2.75, 3.05) is 19.1 Å². The predicted octanol–water partition coefficient (Wildman–Crippen LogP) is 8.98. The van der Waals surface area contributed by atoms with E-state index in [1.807, 2.05) is 50.2 Å². The maximum atomic E-state index is 12.8. The molecule has 10 nitrogen and oxygen atoms in total.